The van der Waals surface area contributed by atoms with Gasteiger partial charge in [0.1, 0.15) is 0 Å². The number of rotatable bonds is 6. The minimum absolute atomic E-state index is 0.0599. The van der Waals surface area contributed by atoms with Crippen molar-refractivity contribution in [1.29, 1.82) is 0 Å². The molecule has 3 N–H and O–H groups in total. The second-order valence-electron chi connectivity index (χ2n) is 5.17. The predicted molar refractivity (Wildman–Crippen MR) is 77.7 cm³/mol. The van der Waals surface area contributed by atoms with Gasteiger partial charge in [-0.15, -0.1) is 0 Å². The number of hydrogen-bond donors (Lipinski definition) is 3. The summed E-state index contributed by atoms with van der Waals surface area (Å²) in [5.41, 5.74) is 1.48. The second-order valence-corrected chi connectivity index (χ2v) is 5.17. The Labute approximate surface area is 123 Å². The summed E-state index contributed by atoms with van der Waals surface area (Å²) in [5.74, 6) is -0.894. The Hall–Kier alpha value is -2.37. The highest BCUT2D eigenvalue weighted by atomic mass is 16.2. The molecule has 112 valence electrons. The maximum Gasteiger partial charge on any atom is 0.251 e. The molecular formula is C15H19N3O3. The van der Waals surface area contributed by atoms with E-state index in [0.29, 0.717) is 5.56 Å². The van der Waals surface area contributed by atoms with E-state index >= 15 is 0 Å². The second kappa shape index (κ2) is 6.88. The van der Waals surface area contributed by atoms with Gasteiger partial charge in [-0.3, -0.25) is 14.4 Å². The van der Waals surface area contributed by atoms with Crippen molar-refractivity contribution in [3.63, 3.8) is 0 Å². The molecule has 0 aliphatic heterocycles. The molecule has 1 aliphatic carbocycles. The number of carbonyl (C=O) groups is 3. The van der Waals surface area contributed by atoms with Crippen LogP contribution >= 0.6 is 0 Å². The van der Waals surface area contributed by atoms with Crippen LogP contribution in [0.15, 0.2) is 24.3 Å². The highest BCUT2D eigenvalue weighted by Gasteiger charge is 2.23. The van der Waals surface area contributed by atoms with Crippen molar-refractivity contribution in [2.75, 3.05) is 13.1 Å². The van der Waals surface area contributed by atoms with Crippen molar-refractivity contribution in [2.45, 2.75) is 25.8 Å². The first-order chi connectivity index (χ1) is 10.0. The van der Waals surface area contributed by atoms with Crippen molar-refractivity contribution in [2.24, 2.45) is 0 Å². The van der Waals surface area contributed by atoms with Gasteiger partial charge in [-0.05, 0) is 31.9 Å². The van der Waals surface area contributed by atoms with Crippen LogP contribution in [-0.2, 0) is 9.59 Å². The topological polar surface area (TPSA) is 87.3 Å². The molecule has 2 rings (SSSR count). The zero-order valence-electron chi connectivity index (χ0n) is 11.9. The maximum atomic E-state index is 11.8. The molecule has 3 amide bonds. The van der Waals surface area contributed by atoms with Gasteiger partial charge in [-0.2, -0.15) is 0 Å². The fourth-order valence-electron chi connectivity index (χ4n) is 1.80. The van der Waals surface area contributed by atoms with Gasteiger partial charge in [0.2, 0.25) is 11.8 Å². The van der Waals surface area contributed by atoms with Gasteiger partial charge in [-0.25, -0.2) is 0 Å². The third-order valence-corrected chi connectivity index (χ3v) is 3.08. The molecule has 0 spiro atoms. The molecule has 6 nitrogen and oxygen atoms in total. The van der Waals surface area contributed by atoms with Gasteiger partial charge in [0.05, 0.1) is 13.1 Å². The smallest absolute Gasteiger partial charge is 0.251 e. The standard InChI is InChI=1S/C15H19N3O3/c1-10-3-2-4-11(7-10)15(21)17-8-13(19)16-9-14(20)18-12-5-6-12/h2-4,7,12H,5-6,8-9H2,1H3,(H,16,19)(H,17,21)(H,18,20). The molecule has 1 aromatic carbocycles. The Morgan fingerprint density at radius 2 is 1.81 bits per heavy atom. The summed E-state index contributed by atoms with van der Waals surface area (Å²) in [6.07, 6.45) is 2.01. The van der Waals surface area contributed by atoms with E-state index in [4.69, 9.17) is 0 Å². The van der Waals surface area contributed by atoms with Gasteiger partial charge in [0, 0.05) is 11.6 Å². The van der Waals surface area contributed by atoms with E-state index in [-0.39, 0.29) is 36.9 Å². The van der Waals surface area contributed by atoms with Gasteiger partial charge in [-0.1, -0.05) is 17.7 Å². The van der Waals surface area contributed by atoms with E-state index in [0.717, 1.165) is 18.4 Å². The first kappa shape index (κ1) is 15.0. The Kier molecular flexibility index (Phi) is 4.92. The summed E-state index contributed by atoms with van der Waals surface area (Å²) in [6.45, 7) is 1.68. The molecule has 1 aliphatic rings. The van der Waals surface area contributed by atoms with Crippen LogP contribution in [0, 0.1) is 6.92 Å². The fraction of sp³-hybridized carbons (Fsp3) is 0.400. The Morgan fingerprint density at radius 3 is 2.48 bits per heavy atom. The third-order valence-electron chi connectivity index (χ3n) is 3.08. The van der Waals surface area contributed by atoms with E-state index in [2.05, 4.69) is 16.0 Å². The van der Waals surface area contributed by atoms with Crippen molar-refractivity contribution < 1.29 is 14.4 Å². The Balaban J connectivity index is 1.68. The van der Waals surface area contributed by atoms with Crippen molar-refractivity contribution >= 4 is 17.7 Å². The quantitative estimate of drug-likeness (QED) is 0.695. The molecule has 1 fully saturated rings. The summed E-state index contributed by atoms with van der Waals surface area (Å²) in [5, 5.41) is 7.75. The molecule has 0 saturated heterocycles. The van der Waals surface area contributed by atoms with Crippen LogP contribution in [0.3, 0.4) is 0 Å². The van der Waals surface area contributed by atoms with E-state index in [1.807, 2.05) is 13.0 Å². The minimum Gasteiger partial charge on any atom is -0.352 e. The van der Waals surface area contributed by atoms with E-state index < -0.39 is 0 Å². The van der Waals surface area contributed by atoms with Crippen LogP contribution in [0.2, 0.25) is 0 Å². The molecule has 0 unspecified atom stereocenters. The lowest BCUT2D eigenvalue weighted by molar-refractivity contribution is -0.125. The SMILES string of the molecule is Cc1cccc(C(=O)NCC(=O)NCC(=O)NC2CC2)c1. The molecule has 21 heavy (non-hydrogen) atoms. The lowest BCUT2D eigenvalue weighted by atomic mass is 10.1. The number of carbonyl (C=O) groups excluding carboxylic acids is 3. The molecule has 0 aromatic heterocycles. The highest BCUT2D eigenvalue weighted by Crippen LogP contribution is 2.18. The third kappa shape index (κ3) is 5.25. The first-order valence-corrected chi connectivity index (χ1v) is 6.95. The fourth-order valence-corrected chi connectivity index (χ4v) is 1.80. The average molecular weight is 289 g/mol. The zero-order valence-corrected chi connectivity index (χ0v) is 11.9. The number of nitrogens with one attached hydrogen (secondary N) is 3. The number of amides is 3. The lowest BCUT2D eigenvalue weighted by Gasteiger charge is -2.07. The summed E-state index contributed by atoms with van der Waals surface area (Å²) in [7, 11) is 0. The highest BCUT2D eigenvalue weighted by molar-refractivity contribution is 5.97. The summed E-state index contributed by atoms with van der Waals surface area (Å²) < 4.78 is 0. The largest absolute Gasteiger partial charge is 0.352 e. The zero-order chi connectivity index (χ0) is 15.2. The molecule has 1 saturated carbocycles. The normalized spacial score (nSPS) is 13.4. The van der Waals surface area contributed by atoms with Crippen LogP contribution in [0.5, 0.6) is 0 Å². The van der Waals surface area contributed by atoms with Crippen LogP contribution in [0.1, 0.15) is 28.8 Å². The van der Waals surface area contributed by atoms with Gasteiger partial charge in [0.25, 0.3) is 5.91 Å². The molecule has 0 atom stereocenters. The minimum atomic E-state index is -0.387. The van der Waals surface area contributed by atoms with E-state index in [1.165, 1.54) is 0 Å². The number of aryl methyl sites for hydroxylation is 1. The Bertz CT molecular complexity index is 553. The number of hydrogen-bond acceptors (Lipinski definition) is 3. The monoisotopic (exact) mass is 289 g/mol. The Morgan fingerprint density at radius 1 is 1.10 bits per heavy atom. The van der Waals surface area contributed by atoms with Gasteiger partial charge < -0.3 is 16.0 Å². The van der Waals surface area contributed by atoms with Gasteiger partial charge >= 0.3 is 0 Å². The van der Waals surface area contributed by atoms with E-state index in [1.54, 1.807) is 18.2 Å². The first-order valence-electron chi connectivity index (χ1n) is 6.95. The van der Waals surface area contributed by atoms with Crippen molar-refractivity contribution in [3.8, 4) is 0 Å². The summed E-state index contributed by atoms with van der Waals surface area (Å²) in [6, 6.07) is 7.38. The summed E-state index contributed by atoms with van der Waals surface area (Å²) in [4.78, 5) is 34.8. The molecule has 0 radical (unpaired) electrons. The summed E-state index contributed by atoms with van der Waals surface area (Å²) >= 11 is 0. The van der Waals surface area contributed by atoms with Crippen LogP contribution in [-0.4, -0.2) is 36.9 Å². The molecule has 1 aromatic rings. The number of benzene rings is 1. The van der Waals surface area contributed by atoms with Crippen molar-refractivity contribution in [3.05, 3.63) is 35.4 Å². The van der Waals surface area contributed by atoms with E-state index in [9.17, 15) is 14.4 Å². The maximum absolute atomic E-state index is 11.8. The van der Waals surface area contributed by atoms with Crippen LogP contribution in [0.25, 0.3) is 0 Å². The lowest BCUT2D eigenvalue weighted by Crippen LogP contribution is -2.42. The van der Waals surface area contributed by atoms with Gasteiger partial charge in [0.15, 0.2) is 0 Å². The molecule has 0 bridgehead atoms. The average Bonchev–Trinajstić information content (AvgIpc) is 3.26. The molecule has 6 heteroatoms. The van der Waals surface area contributed by atoms with Crippen molar-refractivity contribution in [1.82, 2.24) is 16.0 Å². The van der Waals surface area contributed by atoms with Crippen LogP contribution in [0.4, 0.5) is 0 Å². The van der Waals surface area contributed by atoms with Crippen LogP contribution < -0.4 is 16.0 Å². The molecular weight excluding hydrogens is 270 g/mol. The predicted octanol–water partition coefficient (Wildman–Crippen LogP) is 0.120. The molecule has 0 heterocycles.